The predicted molar refractivity (Wildman–Crippen MR) is 78.7 cm³/mol. The van der Waals surface area contributed by atoms with Crippen LogP contribution in [0.15, 0.2) is 0 Å². The topological polar surface area (TPSA) is 98.7 Å². The standard InChI is InChI=1S/C13H21N3O4S/c1-21-7-10(15-12(19)9-5-11(18)14-9)13(20)16-4-2-3-8(16)6-17/h8-10,17H,2-7H2,1H3,(H,14,18)(H,15,19)/t8-,9-,10-/m0/s1. The van der Waals surface area contributed by atoms with Gasteiger partial charge in [-0.2, -0.15) is 11.8 Å². The third-order valence-electron chi connectivity index (χ3n) is 3.86. The van der Waals surface area contributed by atoms with E-state index in [0.717, 1.165) is 12.8 Å². The predicted octanol–water partition coefficient (Wildman–Crippen LogP) is -1.29. The molecule has 0 saturated carbocycles. The molecule has 2 aliphatic rings. The van der Waals surface area contributed by atoms with Gasteiger partial charge in [-0.05, 0) is 19.1 Å². The highest BCUT2D eigenvalue weighted by atomic mass is 32.2. The van der Waals surface area contributed by atoms with Crippen molar-refractivity contribution in [3.05, 3.63) is 0 Å². The maximum absolute atomic E-state index is 12.5. The summed E-state index contributed by atoms with van der Waals surface area (Å²) >= 11 is 1.47. The highest BCUT2D eigenvalue weighted by Gasteiger charge is 2.37. The molecule has 8 heteroatoms. The number of aliphatic hydroxyl groups is 1. The first-order chi connectivity index (χ1) is 10.1. The Kier molecular flexibility index (Phi) is 5.46. The van der Waals surface area contributed by atoms with Gasteiger partial charge in [-0.15, -0.1) is 0 Å². The lowest BCUT2D eigenvalue weighted by Crippen LogP contribution is -2.61. The molecule has 118 valence electrons. The van der Waals surface area contributed by atoms with Crippen molar-refractivity contribution in [3.8, 4) is 0 Å². The van der Waals surface area contributed by atoms with Crippen LogP contribution >= 0.6 is 11.8 Å². The Morgan fingerprint density at radius 2 is 2.29 bits per heavy atom. The van der Waals surface area contributed by atoms with E-state index < -0.39 is 12.1 Å². The Morgan fingerprint density at radius 1 is 1.57 bits per heavy atom. The van der Waals surface area contributed by atoms with Gasteiger partial charge in [0.2, 0.25) is 17.7 Å². The molecule has 2 heterocycles. The quantitative estimate of drug-likeness (QED) is 0.530. The Bertz CT molecular complexity index is 424. The minimum atomic E-state index is -0.614. The molecule has 3 amide bonds. The molecular formula is C13H21N3O4S. The lowest BCUT2D eigenvalue weighted by molar-refractivity contribution is -0.140. The molecule has 0 aromatic rings. The number of hydrogen-bond acceptors (Lipinski definition) is 5. The van der Waals surface area contributed by atoms with Gasteiger partial charge in [-0.1, -0.05) is 0 Å². The van der Waals surface area contributed by atoms with E-state index in [1.807, 2.05) is 6.26 Å². The van der Waals surface area contributed by atoms with Gasteiger partial charge >= 0.3 is 0 Å². The van der Waals surface area contributed by atoms with Crippen LogP contribution in [-0.4, -0.2) is 71.0 Å². The van der Waals surface area contributed by atoms with Crippen LogP contribution in [0.5, 0.6) is 0 Å². The Morgan fingerprint density at radius 3 is 2.86 bits per heavy atom. The SMILES string of the molecule is CSC[C@H](NC(=O)[C@@H]1CC(=O)N1)C(=O)N1CCC[C@H]1CO. The molecule has 0 bridgehead atoms. The molecule has 2 fully saturated rings. The summed E-state index contributed by atoms with van der Waals surface area (Å²) in [6, 6.07) is -1.29. The number of aliphatic hydroxyl groups excluding tert-OH is 1. The lowest BCUT2D eigenvalue weighted by Gasteiger charge is -2.31. The average molecular weight is 315 g/mol. The zero-order chi connectivity index (χ0) is 15.4. The Labute approximate surface area is 127 Å². The van der Waals surface area contributed by atoms with Gasteiger partial charge in [0.15, 0.2) is 0 Å². The highest BCUT2D eigenvalue weighted by molar-refractivity contribution is 7.98. The number of likely N-dealkylation sites (tertiary alicyclic amines) is 1. The molecule has 3 atom stereocenters. The van der Waals surface area contributed by atoms with E-state index in [0.29, 0.717) is 12.3 Å². The number of carbonyl (C=O) groups is 3. The van der Waals surface area contributed by atoms with Crippen molar-refractivity contribution >= 4 is 29.5 Å². The highest BCUT2D eigenvalue weighted by Crippen LogP contribution is 2.18. The summed E-state index contributed by atoms with van der Waals surface area (Å²) in [7, 11) is 0. The molecule has 3 N–H and O–H groups in total. The van der Waals surface area contributed by atoms with Crippen LogP contribution in [0.25, 0.3) is 0 Å². The number of nitrogens with one attached hydrogen (secondary N) is 2. The third-order valence-corrected chi connectivity index (χ3v) is 4.53. The van der Waals surface area contributed by atoms with Crippen molar-refractivity contribution in [1.29, 1.82) is 0 Å². The fraction of sp³-hybridized carbons (Fsp3) is 0.769. The Balaban J connectivity index is 1.95. The lowest BCUT2D eigenvalue weighted by atomic mass is 10.1. The normalized spacial score (nSPS) is 26.0. The smallest absolute Gasteiger partial charge is 0.246 e. The summed E-state index contributed by atoms with van der Waals surface area (Å²) in [5.74, 6) is -0.149. The van der Waals surface area contributed by atoms with E-state index >= 15 is 0 Å². The molecule has 2 saturated heterocycles. The van der Waals surface area contributed by atoms with Gasteiger partial charge in [0.05, 0.1) is 19.1 Å². The first kappa shape index (κ1) is 16.1. The zero-order valence-electron chi connectivity index (χ0n) is 12.0. The summed E-state index contributed by atoms with van der Waals surface area (Å²) in [4.78, 5) is 37.0. The van der Waals surface area contributed by atoms with Crippen molar-refractivity contribution in [1.82, 2.24) is 15.5 Å². The summed E-state index contributed by atoms with van der Waals surface area (Å²) < 4.78 is 0. The van der Waals surface area contributed by atoms with Crippen LogP contribution in [0, 0.1) is 0 Å². The molecule has 0 unspecified atom stereocenters. The molecule has 21 heavy (non-hydrogen) atoms. The van der Waals surface area contributed by atoms with Gasteiger partial charge < -0.3 is 20.6 Å². The number of carbonyl (C=O) groups excluding carboxylic acids is 3. The second-order valence-corrected chi connectivity index (χ2v) is 6.26. The van der Waals surface area contributed by atoms with E-state index in [9.17, 15) is 19.5 Å². The second kappa shape index (κ2) is 7.13. The van der Waals surface area contributed by atoms with Crippen LogP contribution in [0.2, 0.25) is 0 Å². The summed E-state index contributed by atoms with van der Waals surface area (Å²) in [6.07, 6.45) is 3.70. The fourth-order valence-electron chi connectivity index (χ4n) is 2.65. The second-order valence-electron chi connectivity index (χ2n) is 5.35. The molecule has 0 radical (unpaired) electrons. The van der Waals surface area contributed by atoms with E-state index in [1.54, 1.807) is 4.90 Å². The molecule has 0 spiro atoms. The number of hydrogen-bond donors (Lipinski definition) is 3. The molecule has 2 aliphatic heterocycles. The van der Waals surface area contributed by atoms with Crippen LogP contribution in [0.3, 0.4) is 0 Å². The molecule has 0 aromatic carbocycles. The first-order valence-corrected chi connectivity index (χ1v) is 8.46. The van der Waals surface area contributed by atoms with E-state index in [-0.39, 0.29) is 36.8 Å². The number of amides is 3. The molecule has 0 aliphatic carbocycles. The monoisotopic (exact) mass is 315 g/mol. The van der Waals surface area contributed by atoms with Gasteiger partial charge in [0, 0.05) is 12.3 Å². The Hall–Kier alpha value is -1.28. The van der Waals surface area contributed by atoms with E-state index in [1.165, 1.54) is 11.8 Å². The van der Waals surface area contributed by atoms with Crippen molar-refractivity contribution in [2.24, 2.45) is 0 Å². The van der Waals surface area contributed by atoms with Crippen molar-refractivity contribution in [2.45, 2.75) is 37.4 Å². The van der Waals surface area contributed by atoms with Crippen LogP contribution in [-0.2, 0) is 14.4 Å². The fourth-order valence-corrected chi connectivity index (χ4v) is 3.21. The summed E-state index contributed by atoms with van der Waals surface area (Å²) in [5, 5.41) is 14.5. The maximum Gasteiger partial charge on any atom is 0.246 e. The summed E-state index contributed by atoms with van der Waals surface area (Å²) in [6.45, 7) is 0.565. The van der Waals surface area contributed by atoms with Gasteiger partial charge in [0.25, 0.3) is 0 Å². The number of nitrogens with zero attached hydrogens (tertiary/aromatic N) is 1. The molecular weight excluding hydrogens is 294 g/mol. The van der Waals surface area contributed by atoms with Crippen LogP contribution in [0.4, 0.5) is 0 Å². The number of thioether (sulfide) groups is 1. The van der Waals surface area contributed by atoms with Crippen molar-refractivity contribution < 1.29 is 19.5 Å². The average Bonchev–Trinajstić information content (AvgIpc) is 2.90. The van der Waals surface area contributed by atoms with Gasteiger partial charge in [-0.25, -0.2) is 0 Å². The zero-order valence-corrected chi connectivity index (χ0v) is 12.8. The maximum atomic E-state index is 12.5. The molecule has 2 rings (SSSR count). The van der Waals surface area contributed by atoms with Gasteiger partial charge in [0.1, 0.15) is 12.1 Å². The van der Waals surface area contributed by atoms with Crippen molar-refractivity contribution in [3.63, 3.8) is 0 Å². The molecule has 0 aromatic heterocycles. The first-order valence-electron chi connectivity index (χ1n) is 7.06. The largest absolute Gasteiger partial charge is 0.394 e. The van der Waals surface area contributed by atoms with Crippen LogP contribution < -0.4 is 10.6 Å². The van der Waals surface area contributed by atoms with Crippen molar-refractivity contribution in [2.75, 3.05) is 25.2 Å². The molecule has 7 nitrogen and oxygen atoms in total. The third kappa shape index (κ3) is 3.68. The number of β-lactam (4-membered cyclic amide) rings is 1. The minimum Gasteiger partial charge on any atom is -0.394 e. The van der Waals surface area contributed by atoms with E-state index in [4.69, 9.17) is 0 Å². The van der Waals surface area contributed by atoms with E-state index in [2.05, 4.69) is 10.6 Å². The summed E-state index contributed by atoms with van der Waals surface area (Å²) in [5.41, 5.74) is 0. The van der Waals surface area contributed by atoms with Gasteiger partial charge in [-0.3, -0.25) is 14.4 Å². The number of rotatable bonds is 6. The van der Waals surface area contributed by atoms with Crippen LogP contribution in [0.1, 0.15) is 19.3 Å². The minimum absolute atomic E-state index is 0.0512.